The highest BCUT2D eigenvalue weighted by Gasteiger charge is 2.27. The number of hydrogen-bond acceptors (Lipinski definition) is 2. The monoisotopic (exact) mass is 284 g/mol. The largest absolute Gasteiger partial charge is 0.497 e. The van der Waals surface area contributed by atoms with Gasteiger partial charge in [-0.1, -0.05) is 19.9 Å². The van der Waals surface area contributed by atoms with E-state index in [1.165, 1.54) is 23.4 Å². The fourth-order valence-electron chi connectivity index (χ4n) is 3.35. The third kappa shape index (κ3) is 2.57. The minimum Gasteiger partial charge on any atom is -0.497 e. The Morgan fingerprint density at radius 3 is 2.86 bits per heavy atom. The highest BCUT2D eigenvalue weighted by Crippen LogP contribution is 2.33. The molecule has 21 heavy (non-hydrogen) atoms. The molecule has 0 bridgehead atoms. The lowest BCUT2D eigenvalue weighted by atomic mass is 9.80. The molecule has 1 aliphatic rings. The maximum Gasteiger partial charge on any atom is 0.121 e. The van der Waals surface area contributed by atoms with Gasteiger partial charge in [-0.25, -0.2) is 4.68 Å². The van der Waals surface area contributed by atoms with Crippen molar-refractivity contribution in [3.63, 3.8) is 0 Å². The number of rotatable bonds is 3. The zero-order chi connectivity index (χ0) is 15.0. The average molecular weight is 284 g/mol. The lowest BCUT2D eigenvalue weighted by molar-refractivity contribution is 0.337. The van der Waals surface area contributed by atoms with Crippen LogP contribution in [0.25, 0.3) is 5.69 Å². The van der Waals surface area contributed by atoms with Crippen LogP contribution in [-0.2, 0) is 12.8 Å². The molecule has 0 saturated heterocycles. The zero-order valence-electron chi connectivity index (χ0n) is 13.4. The van der Waals surface area contributed by atoms with Crippen molar-refractivity contribution >= 4 is 0 Å². The molecule has 0 N–H and O–H groups in total. The topological polar surface area (TPSA) is 27.1 Å². The Bertz CT molecular complexity index is 643. The molecule has 1 aromatic heterocycles. The second-order valence-corrected chi connectivity index (χ2v) is 6.37. The van der Waals surface area contributed by atoms with Crippen molar-refractivity contribution in [3.8, 4) is 11.4 Å². The molecule has 2 aromatic rings. The third-order valence-corrected chi connectivity index (χ3v) is 4.75. The highest BCUT2D eigenvalue weighted by molar-refractivity contribution is 5.43. The van der Waals surface area contributed by atoms with E-state index in [9.17, 15) is 0 Å². The van der Waals surface area contributed by atoms with Crippen LogP contribution in [0, 0.1) is 18.8 Å². The summed E-state index contributed by atoms with van der Waals surface area (Å²) in [6.07, 6.45) is 3.58. The summed E-state index contributed by atoms with van der Waals surface area (Å²) in [6.45, 7) is 6.79. The number of fused-ring (bicyclic) bond motifs is 1. The van der Waals surface area contributed by atoms with Crippen molar-refractivity contribution in [1.29, 1.82) is 0 Å². The summed E-state index contributed by atoms with van der Waals surface area (Å²) in [7, 11) is 1.71. The second-order valence-electron chi connectivity index (χ2n) is 6.37. The Morgan fingerprint density at radius 1 is 1.33 bits per heavy atom. The Hall–Kier alpha value is -1.77. The van der Waals surface area contributed by atoms with Gasteiger partial charge >= 0.3 is 0 Å². The van der Waals surface area contributed by atoms with Crippen LogP contribution in [0.3, 0.4) is 0 Å². The maximum atomic E-state index is 5.35. The molecule has 0 saturated carbocycles. The van der Waals surface area contributed by atoms with Crippen molar-refractivity contribution in [2.75, 3.05) is 7.11 Å². The fraction of sp³-hybridized carbons (Fsp3) is 0.500. The van der Waals surface area contributed by atoms with Crippen LogP contribution in [0.1, 0.15) is 37.2 Å². The number of benzene rings is 1. The van der Waals surface area contributed by atoms with E-state index in [1.807, 2.05) is 12.1 Å². The van der Waals surface area contributed by atoms with E-state index in [2.05, 4.69) is 37.6 Å². The van der Waals surface area contributed by atoms with Gasteiger partial charge in [0.15, 0.2) is 0 Å². The number of aryl methyl sites for hydroxylation is 1. The van der Waals surface area contributed by atoms with Crippen molar-refractivity contribution < 1.29 is 4.74 Å². The van der Waals surface area contributed by atoms with Crippen molar-refractivity contribution in [2.24, 2.45) is 11.8 Å². The predicted octanol–water partition coefficient (Wildman–Crippen LogP) is 3.95. The van der Waals surface area contributed by atoms with Gasteiger partial charge in [-0.05, 0) is 55.7 Å². The Balaban J connectivity index is 2.04. The summed E-state index contributed by atoms with van der Waals surface area (Å²) < 4.78 is 7.47. The highest BCUT2D eigenvalue weighted by atomic mass is 16.5. The first-order valence-corrected chi connectivity index (χ1v) is 7.82. The lowest BCUT2D eigenvalue weighted by Crippen LogP contribution is -2.20. The molecule has 0 aliphatic heterocycles. The summed E-state index contributed by atoms with van der Waals surface area (Å²) >= 11 is 0. The van der Waals surface area contributed by atoms with Gasteiger partial charge < -0.3 is 4.74 Å². The molecule has 0 fully saturated rings. The van der Waals surface area contributed by atoms with Gasteiger partial charge in [0.2, 0.25) is 0 Å². The second kappa shape index (κ2) is 5.55. The van der Waals surface area contributed by atoms with Crippen LogP contribution in [0.4, 0.5) is 0 Å². The minimum atomic E-state index is 0.729. The zero-order valence-corrected chi connectivity index (χ0v) is 13.4. The van der Waals surface area contributed by atoms with Crippen LogP contribution in [0.2, 0.25) is 0 Å². The molecule has 0 spiro atoms. The Labute approximate surface area is 126 Å². The third-order valence-electron chi connectivity index (χ3n) is 4.75. The Kier molecular flexibility index (Phi) is 3.75. The van der Waals surface area contributed by atoms with Crippen LogP contribution in [0.5, 0.6) is 5.75 Å². The lowest BCUT2D eigenvalue weighted by Gasteiger charge is -2.26. The van der Waals surface area contributed by atoms with E-state index >= 15 is 0 Å². The first-order chi connectivity index (χ1) is 10.1. The molecule has 1 heterocycles. The number of aromatic nitrogens is 2. The summed E-state index contributed by atoms with van der Waals surface area (Å²) in [6, 6.07) is 8.17. The molecule has 3 rings (SSSR count). The van der Waals surface area contributed by atoms with Crippen LogP contribution in [-0.4, -0.2) is 16.9 Å². The van der Waals surface area contributed by atoms with Gasteiger partial charge in [0.25, 0.3) is 0 Å². The number of ether oxygens (including phenoxy) is 1. The first kappa shape index (κ1) is 14.2. The molecule has 1 unspecified atom stereocenters. The molecular weight excluding hydrogens is 260 g/mol. The van der Waals surface area contributed by atoms with Crippen LogP contribution < -0.4 is 4.74 Å². The first-order valence-electron chi connectivity index (χ1n) is 7.82. The standard InChI is InChI=1S/C18H24N2O/c1-12(2)14-8-9-17-13(3)19-20(18(17)10-14)15-6-5-7-16(11-15)21-4/h5-7,11-12,14H,8-10H2,1-4H3. The normalized spacial score (nSPS) is 17.9. The summed E-state index contributed by atoms with van der Waals surface area (Å²) in [5, 5.41) is 4.79. The van der Waals surface area contributed by atoms with Crippen LogP contribution in [0.15, 0.2) is 24.3 Å². The number of hydrogen-bond donors (Lipinski definition) is 0. The number of methoxy groups -OCH3 is 1. The summed E-state index contributed by atoms with van der Waals surface area (Å²) in [5.41, 5.74) is 5.12. The van der Waals surface area contributed by atoms with Gasteiger partial charge in [0.05, 0.1) is 18.5 Å². The smallest absolute Gasteiger partial charge is 0.121 e. The van der Waals surface area contributed by atoms with Gasteiger partial charge in [0.1, 0.15) is 5.75 Å². The van der Waals surface area contributed by atoms with Crippen LogP contribution >= 0.6 is 0 Å². The Morgan fingerprint density at radius 2 is 2.14 bits per heavy atom. The van der Waals surface area contributed by atoms with E-state index in [1.54, 1.807) is 7.11 Å². The molecule has 112 valence electrons. The molecular formula is C18H24N2O. The van der Waals surface area contributed by atoms with Gasteiger partial charge in [0, 0.05) is 11.8 Å². The van der Waals surface area contributed by atoms with E-state index < -0.39 is 0 Å². The molecule has 0 radical (unpaired) electrons. The average Bonchev–Trinajstić information content (AvgIpc) is 2.84. The van der Waals surface area contributed by atoms with Gasteiger partial charge in [-0.2, -0.15) is 5.10 Å². The van der Waals surface area contributed by atoms with E-state index in [-0.39, 0.29) is 0 Å². The van der Waals surface area contributed by atoms with Crippen molar-refractivity contribution in [1.82, 2.24) is 9.78 Å². The minimum absolute atomic E-state index is 0.729. The molecule has 3 nitrogen and oxygen atoms in total. The van der Waals surface area contributed by atoms with E-state index in [0.29, 0.717) is 0 Å². The molecule has 0 amide bonds. The molecule has 1 aliphatic carbocycles. The number of nitrogens with zero attached hydrogens (tertiary/aromatic N) is 2. The fourth-order valence-corrected chi connectivity index (χ4v) is 3.35. The molecule has 1 aromatic carbocycles. The maximum absolute atomic E-state index is 5.35. The van der Waals surface area contributed by atoms with Crippen molar-refractivity contribution in [2.45, 2.75) is 40.0 Å². The van der Waals surface area contributed by atoms with Crippen molar-refractivity contribution in [3.05, 3.63) is 41.2 Å². The molecule has 3 heteroatoms. The quantitative estimate of drug-likeness (QED) is 0.853. The summed E-state index contributed by atoms with van der Waals surface area (Å²) in [4.78, 5) is 0. The van der Waals surface area contributed by atoms with E-state index in [0.717, 1.165) is 36.1 Å². The van der Waals surface area contributed by atoms with Gasteiger partial charge in [-0.15, -0.1) is 0 Å². The SMILES string of the molecule is COc1cccc(-n2nc(C)c3c2CC(C(C)C)CC3)c1. The predicted molar refractivity (Wildman–Crippen MR) is 85.2 cm³/mol. The van der Waals surface area contributed by atoms with Gasteiger partial charge in [-0.3, -0.25) is 0 Å². The molecule has 1 atom stereocenters. The summed E-state index contributed by atoms with van der Waals surface area (Å²) in [5.74, 6) is 2.37. The van der Waals surface area contributed by atoms with E-state index in [4.69, 9.17) is 9.84 Å².